The van der Waals surface area contributed by atoms with Crippen molar-refractivity contribution in [1.82, 2.24) is 0 Å². The van der Waals surface area contributed by atoms with E-state index in [2.05, 4.69) is 6.92 Å². The van der Waals surface area contributed by atoms with Crippen molar-refractivity contribution in [2.45, 2.75) is 32.6 Å². The zero-order valence-corrected chi connectivity index (χ0v) is 7.42. The molecular formula is C10H19N. The predicted molar refractivity (Wildman–Crippen MR) is 47.2 cm³/mol. The van der Waals surface area contributed by atoms with E-state index in [0.29, 0.717) is 0 Å². The van der Waals surface area contributed by atoms with E-state index in [-0.39, 0.29) is 0 Å². The van der Waals surface area contributed by atoms with Gasteiger partial charge >= 0.3 is 0 Å². The summed E-state index contributed by atoms with van der Waals surface area (Å²) < 4.78 is 0. The second kappa shape index (κ2) is 2.78. The Morgan fingerprint density at radius 3 is 2.64 bits per heavy atom. The van der Waals surface area contributed by atoms with E-state index in [1.54, 1.807) is 0 Å². The average Bonchev–Trinajstić information content (AvgIpc) is 2.62. The third kappa shape index (κ3) is 1.20. The molecule has 0 aliphatic heterocycles. The fourth-order valence-corrected chi connectivity index (χ4v) is 3.17. The van der Waals surface area contributed by atoms with Gasteiger partial charge in [0.1, 0.15) is 0 Å². The Hall–Kier alpha value is -0.0400. The molecule has 64 valence electrons. The van der Waals surface area contributed by atoms with Crippen LogP contribution in [0.25, 0.3) is 0 Å². The van der Waals surface area contributed by atoms with E-state index < -0.39 is 0 Å². The van der Waals surface area contributed by atoms with E-state index in [1.165, 1.54) is 25.7 Å². The van der Waals surface area contributed by atoms with Gasteiger partial charge in [-0.15, -0.1) is 0 Å². The van der Waals surface area contributed by atoms with Gasteiger partial charge in [0.25, 0.3) is 0 Å². The number of rotatable bonds is 2. The summed E-state index contributed by atoms with van der Waals surface area (Å²) in [6, 6.07) is 0. The van der Waals surface area contributed by atoms with Crippen LogP contribution >= 0.6 is 0 Å². The summed E-state index contributed by atoms with van der Waals surface area (Å²) in [7, 11) is 0. The lowest BCUT2D eigenvalue weighted by Gasteiger charge is -2.26. The molecule has 2 aliphatic carbocycles. The van der Waals surface area contributed by atoms with Crippen molar-refractivity contribution in [3.8, 4) is 0 Å². The highest BCUT2D eigenvalue weighted by atomic mass is 14.6. The number of nitrogens with two attached hydrogens (primary N) is 1. The summed E-state index contributed by atoms with van der Waals surface area (Å²) in [6.45, 7) is 3.22. The minimum absolute atomic E-state index is 0.783. The van der Waals surface area contributed by atoms with Gasteiger partial charge in [0.15, 0.2) is 0 Å². The normalized spacial score (nSPS) is 44.7. The largest absolute Gasteiger partial charge is 0.330 e. The first-order valence-corrected chi connectivity index (χ1v) is 5.01. The second-order valence-corrected chi connectivity index (χ2v) is 4.55. The molecule has 0 heterocycles. The molecule has 11 heavy (non-hydrogen) atoms. The Balaban J connectivity index is 1.96. The summed E-state index contributed by atoms with van der Waals surface area (Å²) in [5.74, 6) is 3.90. The Kier molecular flexibility index (Phi) is 1.92. The smallest absolute Gasteiger partial charge is 0.00488 e. The number of hydrogen-bond donors (Lipinski definition) is 1. The van der Waals surface area contributed by atoms with Gasteiger partial charge in [-0.25, -0.2) is 0 Å². The maximum absolute atomic E-state index is 5.68. The van der Waals surface area contributed by atoms with Gasteiger partial charge in [0, 0.05) is 0 Å². The molecule has 2 aliphatic rings. The Bertz CT molecular complexity index is 144. The Morgan fingerprint density at radius 1 is 1.36 bits per heavy atom. The van der Waals surface area contributed by atoms with E-state index in [9.17, 15) is 0 Å². The highest BCUT2D eigenvalue weighted by Gasteiger charge is 2.41. The summed E-state index contributed by atoms with van der Waals surface area (Å²) in [4.78, 5) is 0. The molecule has 0 radical (unpaired) electrons. The van der Waals surface area contributed by atoms with Crippen molar-refractivity contribution in [1.29, 1.82) is 0 Å². The van der Waals surface area contributed by atoms with Gasteiger partial charge < -0.3 is 5.73 Å². The molecule has 0 aromatic heterocycles. The summed E-state index contributed by atoms with van der Waals surface area (Å²) in [5, 5.41) is 0. The summed E-state index contributed by atoms with van der Waals surface area (Å²) in [6.07, 6.45) is 6.02. The molecule has 4 atom stereocenters. The van der Waals surface area contributed by atoms with E-state index >= 15 is 0 Å². The first-order chi connectivity index (χ1) is 5.31. The van der Waals surface area contributed by atoms with Gasteiger partial charge in [-0.3, -0.25) is 0 Å². The first-order valence-electron chi connectivity index (χ1n) is 5.01. The standard InChI is InChI=1S/C10H19N/c1-7(6-11)10-5-8-2-3-9(10)4-8/h7-10H,2-6,11H2,1H3/t7-,8?,9?,10?/m0/s1. The van der Waals surface area contributed by atoms with Gasteiger partial charge in [-0.1, -0.05) is 13.3 Å². The Labute approximate surface area is 69.4 Å². The molecule has 2 bridgehead atoms. The van der Waals surface area contributed by atoms with Crippen molar-refractivity contribution in [2.24, 2.45) is 29.4 Å². The maximum atomic E-state index is 5.68. The lowest BCUT2D eigenvalue weighted by Crippen LogP contribution is -2.24. The minimum atomic E-state index is 0.783. The van der Waals surface area contributed by atoms with Crippen LogP contribution in [0.15, 0.2) is 0 Å². The average molecular weight is 153 g/mol. The van der Waals surface area contributed by atoms with Crippen LogP contribution in [-0.4, -0.2) is 6.54 Å². The van der Waals surface area contributed by atoms with Crippen LogP contribution in [0.4, 0.5) is 0 Å². The molecule has 0 aromatic rings. The molecular weight excluding hydrogens is 134 g/mol. The van der Waals surface area contributed by atoms with E-state index in [1.807, 2.05) is 0 Å². The van der Waals surface area contributed by atoms with Crippen LogP contribution in [0, 0.1) is 23.7 Å². The van der Waals surface area contributed by atoms with Crippen LogP contribution < -0.4 is 5.73 Å². The molecule has 0 spiro atoms. The fraction of sp³-hybridized carbons (Fsp3) is 1.00. The van der Waals surface area contributed by atoms with Crippen molar-refractivity contribution < 1.29 is 0 Å². The SMILES string of the molecule is C[C@@H](CN)C1CC2CCC1C2. The third-order valence-electron chi connectivity index (χ3n) is 3.90. The highest BCUT2D eigenvalue weighted by Crippen LogP contribution is 2.50. The molecule has 2 saturated carbocycles. The van der Waals surface area contributed by atoms with Crippen molar-refractivity contribution >= 4 is 0 Å². The zero-order chi connectivity index (χ0) is 7.84. The maximum Gasteiger partial charge on any atom is -0.00488 e. The van der Waals surface area contributed by atoms with Crippen LogP contribution in [-0.2, 0) is 0 Å². The van der Waals surface area contributed by atoms with Crippen molar-refractivity contribution in [3.63, 3.8) is 0 Å². The van der Waals surface area contributed by atoms with Crippen LogP contribution in [0.3, 0.4) is 0 Å². The molecule has 2 fully saturated rings. The molecule has 2 rings (SSSR count). The number of fused-ring (bicyclic) bond motifs is 2. The molecule has 1 heteroatoms. The zero-order valence-electron chi connectivity index (χ0n) is 7.42. The van der Waals surface area contributed by atoms with E-state index in [4.69, 9.17) is 5.73 Å². The molecule has 0 saturated heterocycles. The molecule has 0 aromatic carbocycles. The van der Waals surface area contributed by atoms with Gasteiger partial charge in [0.05, 0.1) is 0 Å². The topological polar surface area (TPSA) is 26.0 Å². The summed E-state index contributed by atoms with van der Waals surface area (Å²) >= 11 is 0. The second-order valence-electron chi connectivity index (χ2n) is 4.55. The monoisotopic (exact) mass is 153 g/mol. The lowest BCUT2D eigenvalue weighted by molar-refractivity contribution is 0.246. The van der Waals surface area contributed by atoms with Gasteiger partial charge in [-0.05, 0) is 49.5 Å². The Morgan fingerprint density at radius 2 is 2.18 bits per heavy atom. The third-order valence-corrected chi connectivity index (χ3v) is 3.90. The predicted octanol–water partition coefficient (Wildman–Crippen LogP) is 2.02. The molecule has 2 N–H and O–H groups in total. The molecule has 1 nitrogen and oxygen atoms in total. The minimum Gasteiger partial charge on any atom is -0.330 e. The number of hydrogen-bond acceptors (Lipinski definition) is 1. The fourth-order valence-electron chi connectivity index (χ4n) is 3.17. The lowest BCUT2D eigenvalue weighted by atomic mass is 9.80. The van der Waals surface area contributed by atoms with Gasteiger partial charge in [0.2, 0.25) is 0 Å². The van der Waals surface area contributed by atoms with Crippen molar-refractivity contribution in [3.05, 3.63) is 0 Å². The van der Waals surface area contributed by atoms with Crippen molar-refractivity contribution in [2.75, 3.05) is 6.54 Å². The van der Waals surface area contributed by atoms with Crippen LogP contribution in [0.1, 0.15) is 32.6 Å². The van der Waals surface area contributed by atoms with Gasteiger partial charge in [-0.2, -0.15) is 0 Å². The van der Waals surface area contributed by atoms with Crippen LogP contribution in [0.5, 0.6) is 0 Å². The summed E-state index contributed by atoms with van der Waals surface area (Å²) in [5.41, 5.74) is 5.68. The quantitative estimate of drug-likeness (QED) is 0.645. The van der Waals surface area contributed by atoms with E-state index in [0.717, 1.165) is 30.2 Å². The molecule has 0 amide bonds. The van der Waals surface area contributed by atoms with Crippen LogP contribution in [0.2, 0.25) is 0 Å². The highest BCUT2D eigenvalue weighted by molar-refractivity contribution is 4.91. The first kappa shape index (κ1) is 7.60. The molecule has 3 unspecified atom stereocenters.